The topological polar surface area (TPSA) is 76.3 Å². The molecule has 136 valence electrons. The van der Waals surface area contributed by atoms with Crippen molar-refractivity contribution in [3.05, 3.63) is 98.6 Å². The van der Waals surface area contributed by atoms with Crippen LogP contribution in [0.25, 0.3) is 11.0 Å². The summed E-state index contributed by atoms with van der Waals surface area (Å²) in [6, 6.07) is 15.4. The van der Waals surface area contributed by atoms with E-state index in [1.54, 1.807) is 42.7 Å². The lowest BCUT2D eigenvalue weighted by Crippen LogP contribution is -2.31. The Labute approximate surface area is 167 Å². The van der Waals surface area contributed by atoms with Gasteiger partial charge in [-0.25, -0.2) is 9.97 Å². The van der Waals surface area contributed by atoms with Gasteiger partial charge in [-0.2, -0.15) is 0 Å². The normalized spacial score (nSPS) is 15.8. The van der Waals surface area contributed by atoms with Crippen LogP contribution in [-0.2, 0) is 0 Å². The van der Waals surface area contributed by atoms with Gasteiger partial charge in [-0.05, 0) is 35.9 Å². The molecule has 0 saturated heterocycles. The molecule has 0 fully saturated rings. The Kier molecular flexibility index (Phi) is 3.84. The first kappa shape index (κ1) is 16.8. The predicted octanol–water partition coefficient (Wildman–Crippen LogP) is 4.10. The summed E-state index contributed by atoms with van der Waals surface area (Å²) < 4.78 is 6.77. The number of para-hydroxylation sites is 1. The third kappa shape index (κ3) is 2.47. The number of rotatable bonds is 2. The van der Waals surface area contributed by atoms with Crippen molar-refractivity contribution in [2.45, 2.75) is 6.04 Å². The van der Waals surface area contributed by atoms with E-state index in [-0.39, 0.29) is 17.1 Å². The number of amides is 1. The van der Waals surface area contributed by atoms with Crippen molar-refractivity contribution in [1.82, 2.24) is 9.97 Å². The molecule has 2 aromatic carbocycles. The summed E-state index contributed by atoms with van der Waals surface area (Å²) in [4.78, 5) is 36.4. The zero-order valence-electron chi connectivity index (χ0n) is 14.4. The third-order valence-corrected chi connectivity index (χ3v) is 5.26. The first-order valence-electron chi connectivity index (χ1n) is 8.57. The zero-order valence-corrected chi connectivity index (χ0v) is 16.0. The fourth-order valence-corrected chi connectivity index (χ4v) is 3.77. The maximum absolute atomic E-state index is 13.3. The van der Waals surface area contributed by atoms with Crippen LogP contribution in [0.1, 0.15) is 27.7 Å². The maximum atomic E-state index is 13.3. The number of nitrogens with zero attached hydrogens (tertiary/aromatic N) is 3. The van der Waals surface area contributed by atoms with Gasteiger partial charge in [0.2, 0.25) is 11.7 Å². The van der Waals surface area contributed by atoms with Gasteiger partial charge in [-0.15, -0.1) is 0 Å². The van der Waals surface area contributed by atoms with E-state index in [4.69, 9.17) is 4.42 Å². The molecule has 5 rings (SSSR count). The van der Waals surface area contributed by atoms with E-state index < -0.39 is 11.9 Å². The minimum Gasteiger partial charge on any atom is -0.450 e. The van der Waals surface area contributed by atoms with E-state index in [1.165, 1.54) is 4.90 Å². The van der Waals surface area contributed by atoms with Crippen LogP contribution >= 0.6 is 15.9 Å². The Hall–Kier alpha value is -3.32. The van der Waals surface area contributed by atoms with Gasteiger partial charge in [0.05, 0.1) is 17.0 Å². The second-order valence-electron chi connectivity index (χ2n) is 6.35. The first-order valence-corrected chi connectivity index (χ1v) is 9.36. The fourth-order valence-electron chi connectivity index (χ4n) is 3.50. The molecule has 0 unspecified atom stereocenters. The van der Waals surface area contributed by atoms with Gasteiger partial charge in [0.15, 0.2) is 5.43 Å². The highest BCUT2D eigenvalue weighted by molar-refractivity contribution is 9.10. The molecular formula is C21H12BrN3O3. The summed E-state index contributed by atoms with van der Waals surface area (Å²) in [5, 5.41) is 0.437. The monoisotopic (exact) mass is 433 g/mol. The molecule has 1 aliphatic heterocycles. The average Bonchev–Trinajstić information content (AvgIpc) is 3.02. The lowest BCUT2D eigenvalue weighted by Gasteiger charge is -2.23. The van der Waals surface area contributed by atoms with Gasteiger partial charge in [-0.1, -0.05) is 40.2 Å². The highest BCUT2D eigenvalue weighted by Gasteiger charge is 2.44. The smallest absolute Gasteiger partial charge is 0.297 e. The molecule has 4 aromatic rings. The zero-order chi connectivity index (χ0) is 19.3. The molecule has 3 heterocycles. The van der Waals surface area contributed by atoms with Crippen molar-refractivity contribution in [2.75, 3.05) is 4.90 Å². The highest BCUT2D eigenvalue weighted by atomic mass is 79.9. The summed E-state index contributed by atoms with van der Waals surface area (Å²) >= 11 is 3.42. The Bertz CT molecular complexity index is 1270. The Morgan fingerprint density at radius 1 is 0.929 bits per heavy atom. The van der Waals surface area contributed by atoms with Crippen molar-refractivity contribution in [3.63, 3.8) is 0 Å². The number of carbonyl (C=O) groups excluding carboxylic acids is 1. The van der Waals surface area contributed by atoms with E-state index in [9.17, 15) is 9.59 Å². The molecule has 1 aliphatic rings. The second-order valence-corrected chi connectivity index (χ2v) is 7.26. The molecular weight excluding hydrogens is 422 g/mol. The number of carbonyl (C=O) groups is 1. The number of aromatic nitrogens is 2. The van der Waals surface area contributed by atoms with Crippen LogP contribution in [-0.4, -0.2) is 15.9 Å². The molecule has 6 nitrogen and oxygen atoms in total. The quantitative estimate of drug-likeness (QED) is 0.475. The summed E-state index contributed by atoms with van der Waals surface area (Å²) in [7, 11) is 0. The van der Waals surface area contributed by atoms with E-state index in [2.05, 4.69) is 25.9 Å². The average molecular weight is 434 g/mol. The summed E-state index contributed by atoms with van der Waals surface area (Å²) in [5.41, 5.74) is 1.23. The summed E-state index contributed by atoms with van der Waals surface area (Å²) in [6.07, 6.45) is 3.12. The molecule has 0 N–H and O–H groups in total. The highest BCUT2D eigenvalue weighted by Crippen LogP contribution is 2.40. The van der Waals surface area contributed by atoms with Crippen LogP contribution in [0.15, 0.2) is 80.7 Å². The van der Waals surface area contributed by atoms with Gasteiger partial charge in [0.1, 0.15) is 5.58 Å². The number of hydrogen-bond donors (Lipinski definition) is 0. The molecule has 0 radical (unpaired) electrons. The minimum absolute atomic E-state index is 0.0315. The summed E-state index contributed by atoms with van der Waals surface area (Å²) in [5.74, 6) is -0.184. The van der Waals surface area contributed by atoms with Crippen molar-refractivity contribution in [3.8, 4) is 0 Å². The molecule has 2 aromatic heterocycles. The maximum Gasteiger partial charge on any atom is 0.297 e. The fraction of sp³-hybridized carbons (Fsp3) is 0.0476. The standard InChI is InChI=1S/C21H12BrN3O3/c22-13-8-6-12(7-9-13)17-16-18(26)14-4-1-2-5-15(14)28-19(16)20(27)25(17)21-23-10-3-11-24-21/h1-11,17H/t17-/m1/s1. The molecule has 0 bridgehead atoms. The Balaban J connectivity index is 1.83. The second kappa shape index (κ2) is 6.38. The number of hydrogen-bond acceptors (Lipinski definition) is 5. The first-order chi connectivity index (χ1) is 13.6. The van der Waals surface area contributed by atoms with E-state index in [0.717, 1.165) is 10.0 Å². The minimum atomic E-state index is -0.668. The van der Waals surface area contributed by atoms with E-state index >= 15 is 0 Å². The van der Waals surface area contributed by atoms with Crippen molar-refractivity contribution >= 4 is 38.8 Å². The molecule has 1 atom stereocenters. The van der Waals surface area contributed by atoms with Gasteiger partial charge in [0.25, 0.3) is 5.91 Å². The van der Waals surface area contributed by atoms with Crippen molar-refractivity contribution in [1.29, 1.82) is 0 Å². The number of benzene rings is 2. The Morgan fingerprint density at radius 3 is 2.39 bits per heavy atom. The van der Waals surface area contributed by atoms with Gasteiger partial charge in [-0.3, -0.25) is 14.5 Å². The van der Waals surface area contributed by atoms with Crippen molar-refractivity contribution < 1.29 is 9.21 Å². The Morgan fingerprint density at radius 2 is 1.64 bits per heavy atom. The number of halogens is 1. The largest absolute Gasteiger partial charge is 0.450 e. The van der Waals surface area contributed by atoms with E-state index in [1.807, 2.05) is 24.3 Å². The predicted molar refractivity (Wildman–Crippen MR) is 107 cm³/mol. The van der Waals surface area contributed by atoms with E-state index in [0.29, 0.717) is 16.5 Å². The van der Waals surface area contributed by atoms with Gasteiger partial charge in [0, 0.05) is 16.9 Å². The molecule has 7 heteroatoms. The number of anilines is 1. The molecule has 0 saturated carbocycles. The third-order valence-electron chi connectivity index (χ3n) is 4.73. The summed E-state index contributed by atoms with van der Waals surface area (Å²) in [6.45, 7) is 0. The van der Waals surface area contributed by atoms with Gasteiger partial charge >= 0.3 is 0 Å². The van der Waals surface area contributed by atoms with Crippen molar-refractivity contribution in [2.24, 2.45) is 0 Å². The number of fused-ring (bicyclic) bond motifs is 2. The van der Waals surface area contributed by atoms with Gasteiger partial charge < -0.3 is 4.42 Å². The molecule has 0 aliphatic carbocycles. The van der Waals surface area contributed by atoms with Crippen LogP contribution < -0.4 is 10.3 Å². The van der Waals surface area contributed by atoms with Crippen LogP contribution in [0.4, 0.5) is 5.95 Å². The van der Waals surface area contributed by atoms with Crippen LogP contribution in [0.3, 0.4) is 0 Å². The van der Waals surface area contributed by atoms with Crippen LogP contribution in [0.5, 0.6) is 0 Å². The lowest BCUT2D eigenvalue weighted by atomic mass is 9.99. The SMILES string of the molecule is O=C1c2oc3ccccc3c(=O)c2[C@@H](c2ccc(Br)cc2)N1c1ncccn1. The molecule has 1 amide bonds. The molecule has 28 heavy (non-hydrogen) atoms. The van der Waals surface area contributed by atoms with Crippen LogP contribution in [0.2, 0.25) is 0 Å². The van der Waals surface area contributed by atoms with Crippen LogP contribution in [0, 0.1) is 0 Å². The lowest BCUT2D eigenvalue weighted by molar-refractivity contribution is 0.0969. The molecule has 0 spiro atoms.